The van der Waals surface area contributed by atoms with Crippen molar-refractivity contribution in [3.63, 3.8) is 0 Å². The molecule has 0 aliphatic heterocycles. The average molecular weight is 231 g/mol. The molecule has 1 aromatic carbocycles. The van der Waals surface area contributed by atoms with Crippen LogP contribution in [-0.4, -0.2) is 6.21 Å². The zero-order valence-electron chi connectivity index (χ0n) is 11.8. The van der Waals surface area contributed by atoms with Gasteiger partial charge in [0, 0.05) is 6.21 Å². The van der Waals surface area contributed by atoms with Gasteiger partial charge in [-0.2, -0.15) is 0 Å². The number of nitrogens with zero attached hydrogens (tertiary/aromatic N) is 1. The number of hydrogen-bond acceptors (Lipinski definition) is 1. The highest BCUT2D eigenvalue weighted by atomic mass is 14.7. The van der Waals surface area contributed by atoms with Gasteiger partial charge >= 0.3 is 0 Å². The van der Waals surface area contributed by atoms with Crippen LogP contribution in [-0.2, 0) is 0 Å². The lowest BCUT2D eigenvalue weighted by molar-refractivity contribution is 0.489. The third kappa shape index (κ3) is 3.99. The summed E-state index contributed by atoms with van der Waals surface area (Å²) in [6.45, 7) is 11.2. The van der Waals surface area contributed by atoms with Crippen LogP contribution in [0, 0.1) is 11.8 Å². The van der Waals surface area contributed by atoms with E-state index in [0.717, 1.165) is 12.1 Å². The predicted molar refractivity (Wildman–Crippen MR) is 77.3 cm³/mol. The fourth-order valence-electron chi connectivity index (χ4n) is 2.02. The van der Waals surface area contributed by atoms with E-state index in [9.17, 15) is 0 Å². The Bertz CT molecular complexity index is 364. The van der Waals surface area contributed by atoms with Gasteiger partial charge in [-0.25, -0.2) is 0 Å². The summed E-state index contributed by atoms with van der Waals surface area (Å²) in [5.74, 6) is 1.77. The Morgan fingerprint density at radius 2 is 1.76 bits per heavy atom. The van der Waals surface area contributed by atoms with Gasteiger partial charge in [0.2, 0.25) is 0 Å². The third-order valence-corrected chi connectivity index (χ3v) is 3.29. The highest BCUT2D eigenvalue weighted by Gasteiger charge is 2.09. The minimum atomic E-state index is 0.530. The monoisotopic (exact) mass is 231 g/mol. The van der Waals surface area contributed by atoms with Gasteiger partial charge < -0.3 is 0 Å². The van der Waals surface area contributed by atoms with Gasteiger partial charge in [0.05, 0.1) is 5.69 Å². The van der Waals surface area contributed by atoms with E-state index in [1.807, 2.05) is 0 Å². The second-order valence-corrected chi connectivity index (χ2v) is 5.31. The van der Waals surface area contributed by atoms with Crippen LogP contribution >= 0.6 is 0 Å². The standard InChI is InChI=1S/C16H25N/c1-6-14(12(2)3)11-17-16-10-8-7-9-15(16)13(4)5/h7-14H,6H2,1-5H3. The fraction of sp³-hybridized carbons (Fsp3) is 0.562. The van der Waals surface area contributed by atoms with Gasteiger partial charge in [-0.1, -0.05) is 52.8 Å². The first kappa shape index (κ1) is 14.0. The molecule has 0 saturated heterocycles. The van der Waals surface area contributed by atoms with E-state index >= 15 is 0 Å². The number of rotatable bonds is 5. The van der Waals surface area contributed by atoms with Gasteiger partial charge in [0.1, 0.15) is 0 Å². The summed E-state index contributed by atoms with van der Waals surface area (Å²) in [7, 11) is 0. The van der Waals surface area contributed by atoms with Crippen molar-refractivity contribution in [3.8, 4) is 0 Å². The molecule has 1 nitrogen and oxygen atoms in total. The van der Waals surface area contributed by atoms with E-state index in [4.69, 9.17) is 4.99 Å². The molecular formula is C16H25N. The summed E-state index contributed by atoms with van der Waals surface area (Å²) in [4.78, 5) is 4.69. The Hall–Kier alpha value is -1.11. The molecule has 0 heterocycles. The second kappa shape index (κ2) is 6.58. The maximum atomic E-state index is 4.69. The highest BCUT2D eigenvalue weighted by molar-refractivity contribution is 5.67. The van der Waals surface area contributed by atoms with Gasteiger partial charge in [-0.3, -0.25) is 4.99 Å². The summed E-state index contributed by atoms with van der Waals surface area (Å²) in [5, 5.41) is 0. The Labute approximate surface area is 106 Å². The van der Waals surface area contributed by atoms with Gasteiger partial charge in [0.15, 0.2) is 0 Å². The van der Waals surface area contributed by atoms with Crippen LogP contribution < -0.4 is 0 Å². The van der Waals surface area contributed by atoms with Crippen LogP contribution in [0.4, 0.5) is 5.69 Å². The van der Waals surface area contributed by atoms with Crippen molar-refractivity contribution in [2.45, 2.75) is 47.0 Å². The lowest BCUT2D eigenvalue weighted by atomic mass is 9.94. The Morgan fingerprint density at radius 1 is 1.12 bits per heavy atom. The first-order chi connectivity index (χ1) is 8.06. The molecule has 1 heteroatoms. The van der Waals surface area contributed by atoms with Crippen LogP contribution in [0.1, 0.15) is 52.5 Å². The molecule has 1 unspecified atom stereocenters. The summed E-state index contributed by atoms with van der Waals surface area (Å²) in [6.07, 6.45) is 3.29. The SMILES string of the molecule is CCC(C=Nc1ccccc1C(C)C)C(C)C. The van der Waals surface area contributed by atoms with Crippen molar-refractivity contribution in [2.24, 2.45) is 16.8 Å². The summed E-state index contributed by atoms with van der Waals surface area (Å²) >= 11 is 0. The quantitative estimate of drug-likeness (QED) is 0.618. The molecule has 0 aliphatic rings. The van der Waals surface area contributed by atoms with Gasteiger partial charge in [0.25, 0.3) is 0 Å². The maximum absolute atomic E-state index is 4.69. The maximum Gasteiger partial charge on any atom is 0.0660 e. The fourth-order valence-corrected chi connectivity index (χ4v) is 2.02. The van der Waals surface area contributed by atoms with E-state index in [2.05, 4.69) is 65.1 Å². The molecule has 0 aliphatic carbocycles. The van der Waals surface area contributed by atoms with Crippen LogP contribution in [0.2, 0.25) is 0 Å². The smallest absolute Gasteiger partial charge is 0.0660 e. The lowest BCUT2D eigenvalue weighted by Crippen LogP contribution is -2.08. The third-order valence-electron chi connectivity index (χ3n) is 3.29. The van der Waals surface area contributed by atoms with E-state index in [-0.39, 0.29) is 0 Å². The molecule has 94 valence electrons. The number of hydrogen-bond donors (Lipinski definition) is 0. The molecular weight excluding hydrogens is 206 g/mol. The first-order valence-corrected chi connectivity index (χ1v) is 6.69. The summed E-state index contributed by atoms with van der Waals surface area (Å²) in [5.41, 5.74) is 2.46. The van der Waals surface area contributed by atoms with E-state index in [0.29, 0.717) is 17.8 Å². The molecule has 1 aromatic rings. The summed E-state index contributed by atoms with van der Waals surface area (Å²) < 4.78 is 0. The van der Waals surface area contributed by atoms with Crippen LogP contribution in [0.5, 0.6) is 0 Å². The van der Waals surface area contributed by atoms with E-state index < -0.39 is 0 Å². The molecule has 0 radical (unpaired) electrons. The minimum absolute atomic E-state index is 0.530. The predicted octanol–water partition coefficient (Wildman–Crippen LogP) is 5.19. The number of aliphatic imine (C=N–C) groups is 1. The Morgan fingerprint density at radius 3 is 2.29 bits per heavy atom. The van der Waals surface area contributed by atoms with E-state index in [1.54, 1.807) is 0 Å². The van der Waals surface area contributed by atoms with Crippen molar-refractivity contribution in [1.82, 2.24) is 0 Å². The largest absolute Gasteiger partial charge is 0.261 e. The van der Waals surface area contributed by atoms with Crippen molar-refractivity contribution in [2.75, 3.05) is 0 Å². The molecule has 0 fully saturated rings. The molecule has 0 aromatic heterocycles. The molecule has 1 atom stereocenters. The van der Waals surface area contributed by atoms with Crippen molar-refractivity contribution >= 4 is 11.9 Å². The Balaban J connectivity index is 2.90. The zero-order chi connectivity index (χ0) is 12.8. The molecule has 0 N–H and O–H groups in total. The topological polar surface area (TPSA) is 12.4 Å². The number of benzene rings is 1. The van der Waals surface area contributed by atoms with Gasteiger partial charge in [-0.05, 0) is 35.8 Å². The Kier molecular flexibility index (Phi) is 5.40. The molecule has 1 rings (SSSR count). The normalized spacial score (nSPS) is 13.8. The second-order valence-electron chi connectivity index (χ2n) is 5.31. The lowest BCUT2D eigenvalue weighted by Gasteiger charge is -2.14. The number of para-hydroxylation sites is 1. The van der Waals surface area contributed by atoms with E-state index in [1.165, 1.54) is 5.56 Å². The molecule has 0 saturated carbocycles. The molecule has 0 bridgehead atoms. The first-order valence-electron chi connectivity index (χ1n) is 6.69. The van der Waals surface area contributed by atoms with Crippen LogP contribution in [0.15, 0.2) is 29.3 Å². The highest BCUT2D eigenvalue weighted by Crippen LogP contribution is 2.26. The molecule has 17 heavy (non-hydrogen) atoms. The van der Waals surface area contributed by atoms with Crippen LogP contribution in [0.25, 0.3) is 0 Å². The van der Waals surface area contributed by atoms with Crippen molar-refractivity contribution in [1.29, 1.82) is 0 Å². The summed E-state index contributed by atoms with van der Waals surface area (Å²) in [6, 6.07) is 8.44. The van der Waals surface area contributed by atoms with Crippen molar-refractivity contribution < 1.29 is 0 Å². The molecule has 0 spiro atoms. The minimum Gasteiger partial charge on any atom is -0.261 e. The van der Waals surface area contributed by atoms with Crippen LogP contribution in [0.3, 0.4) is 0 Å². The zero-order valence-corrected chi connectivity index (χ0v) is 11.8. The average Bonchev–Trinajstić information content (AvgIpc) is 2.29. The van der Waals surface area contributed by atoms with Gasteiger partial charge in [-0.15, -0.1) is 0 Å². The molecule has 0 amide bonds. The van der Waals surface area contributed by atoms with Crippen molar-refractivity contribution in [3.05, 3.63) is 29.8 Å².